The second-order valence-corrected chi connectivity index (χ2v) is 5.80. The molecule has 0 aliphatic heterocycles. The van der Waals surface area contributed by atoms with Crippen molar-refractivity contribution < 1.29 is 0 Å². The van der Waals surface area contributed by atoms with Crippen LogP contribution in [0.4, 0.5) is 5.82 Å². The predicted molar refractivity (Wildman–Crippen MR) is 85.9 cm³/mol. The van der Waals surface area contributed by atoms with E-state index in [1.54, 1.807) is 11.8 Å². The fourth-order valence-electron chi connectivity index (χ4n) is 2.06. The van der Waals surface area contributed by atoms with Gasteiger partial charge in [0.25, 0.3) is 0 Å². The zero-order chi connectivity index (χ0) is 15.2. The summed E-state index contributed by atoms with van der Waals surface area (Å²) < 4.78 is 0. The van der Waals surface area contributed by atoms with Crippen LogP contribution in [0.2, 0.25) is 0 Å². The zero-order valence-electron chi connectivity index (χ0n) is 12.3. The standard InChI is InChI=1S/C16H18N4S/c1-3-5-14-13(9-17)15(18)20-16(19-14)21-10-12-7-4-6-11(2)8-12/h4,6-8H,3,5,10H2,1-2H3,(H2,18,19,20). The monoisotopic (exact) mass is 298 g/mol. The third-order valence-electron chi connectivity index (χ3n) is 3.04. The van der Waals surface area contributed by atoms with Gasteiger partial charge in [-0.25, -0.2) is 9.97 Å². The van der Waals surface area contributed by atoms with Crippen LogP contribution in [0.15, 0.2) is 29.4 Å². The average molecular weight is 298 g/mol. The highest BCUT2D eigenvalue weighted by Crippen LogP contribution is 2.23. The van der Waals surface area contributed by atoms with Crippen molar-refractivity contribution in [1.29, 1.82) is 5.26 Å². The van der Waals surface area contributed by atoms with Crippen LogP contribution in [0.5, 0.6) is 0 Å². The van der Waals surface area contributed by atoms with Gasteiger partial charge in [-0.15, -0.1) is 0 Å². The lowest BCUT2D eigenvalue weighted by atomic mass is 10.1. The molecule has 0 saturated carbocycles. The lowest BCUT2D eigenvalue weighted by Gasteiger charge is -2.07. The van der Waals surface area contributed by atoms with Crippen LogP contribution in [0, 0.1) is 18.3 Å². The van der Waals surface area contributed by atoms with Crippen LogP contribution in [0.1, 0.15) is 35.7 Å². The first kappa shape index (κ1) is 15.3. The Labute approximate surface area is 129 Å². The van der Waals surface area contributed by atoms with Crippen LogP contribution >= 0.6 is 11.8 Å². The molecule has 2 N–H and O–H groups in total. The minimum Gasteiger partial charge on any atom is -0.382 e. The minimum atomic E-state index is 0.280. The normalized spacial score (nSPS) is 10.3. The molecule has 5 heteroatoms. The van der Waals surface area contributed by atoms with Gasteiger partial charge in [-0.05, 0) is 18.9 Å². The summed E-state index contributed by atoms with van der Waals surface area (Å²) in [5.41, 5.74) is 9.49. The number of nitrogen functional groups attached to an aromatic ring is 1. The van der Waals surface area contributed by atoms with Crippen LogP contribution < -0.4 is 5.73 Å². The lowest BCUT2D eigenvalue weighted by molar-refractivity contribution is 0.826. The Bertz CT molecular complexity index is 676. The molecule has 21 heavy (non-hydrogen) atoms. The highest BCUT2D eigenvalue weighted by Gasteiger charge is 2.12. The van der Waals surface area contributed by atoms with Crippen LogP contribution in [-0.2, 0) is 12.2 Å². The fourth-order valence-corrected chi connectivity index (χ4v) is 2.87. The van der Waals surface area contributed by atoms with Gasteiger partial charge in [-0.3, -0.25) is 0 Å². The molecule has 4 nitrogen and oxygen atoms in total. The van der Waals surface area contributed by atoms with Crippen molar-refractivity contribution in [2.75, 3.05) is 5.73 Å². The molecule has 0 aliphatic rings. The molecule has 0 saturated heterocycles. The molecule has 0 bridgehead atoms. The quantitative estimate of drug-likeness (QED) is 0.675. The van der Waals surface area contributed by atoms with E-state index in [9.17, 15) is 0 Å². The Morgan fingerprint density at radius 2 is 2.14 bits per heavy atom. The molecular formula is C16H18N4S. The molecule has 1 aromatic heterocycles. The minimum absolute atomic E-state index is 0.280. The van der Waals surface area contributed by atoms with Gasteiger partial charge in [0, 0.05) is 5.75 Å². The smallest absolute Gasteiger partial charge is 0.190 e. The van der Waals surface area contributed by atoms with Gasteiger partial charge in [0.2, 0.25) is 0 Å². The first-order valence-corrected chi connectivity index (χ1v) is 7.87. The number of anilines is 1. The van der Waals surface area contributed by atoms with Crippen molar-refractivity contribution in [3.05, 3.63) is 46.6 Å². The molecule has 2 aromatic rings. The van der Waals surface area contributed by atoms with E-state index in [2.05, 4.69) is 48.1 Å². The number of nitrogens with two attached hydrogens (primary N) is 1. The van der Waals surface area contributed by atoms with Gasteiger partial charge in [-0.1, -0.05) is 54.9 Å². The summed E-state index contributed by atoms with van der Waals surface area (Å²) in [5, 5.41) is 9.77. The highest BCUT2D eigenvalue weighted by molar-refractivity contribution is 7.98. The number of hydrogen-bond acceptors (Lipinski definition) is 5. The molecule has 1 heterocycles. The Hall–Kier alpha value is -2.06. The molecule has 0 aliphatic carbocycles. The summed E-state index contributed by atoms with van der Waals surface area (Å²) in [5.74, 6) is 1.07. The lowest BCUT2D eigenvalue weighted by Crippen LogP contribution is -2.05. The second kappa shape index (κ2) is 7.09. The van der Waals surface area contributed by atoms with Crippen molar-refractivity contribution in [2.24, 2.45) is 0 Å². The van der Waals surface area contributed by atoms with E-state index in [1.165, 1.54) is 11.1 Å². The van der Waals surface area contributed by atoms with E-state index in [-0.39, 0.29) is 5.82 Å². The maximum absolute atomic E-state index is 9.14. The summed E-state index contributed by atoms with van der Waals surface area (Å²) in [6.45, 7) is 4.13. The Balaban J connectivity index is 2.19. The molecule has 0 unspecified atom stereocenters. The van der Waals surface area contributed by atoms with Crippen molar-refractivity contribution in [1.82, 2.24) is 9.97 Å². The van der Waals surface area contributed by atoms with Gasteiger partial charge < -0.3 is 5.73 Å². The molecular weight excluding hydrogens is 280 g/mol. The van der Waals surface area contributed by atoms with E-state index in [4.69, 9.17) is 11.0 Å². The summed E-state index contributed by atoms with van der Waals surface area (Å²) in [6.07, 6.45) is 1.67. The molecule has 0 spiro atoms. The van der Waals surface area contributed by atoms with E-state index in [0.29, 0.717) is 10.7 Å². The van der Waals surface area contributed by atoms with E-state index in [1.807, 2.05) is 6.07 Å². The largest absolute Gasteiger partial charge is 0.382 e. The molecule has 0 fully saturated rings. The number of aromatic nitrogens is 2. The summed E-state index contributed by atoms with van der Waals surface area (Å²) >= 11 is 1.54. The maximum atomic E-state index is 9.14. The SMILES string of the molecule is CCCc1nc(SCc2cccc(C)c2)nc(N)c1C#N. The number of rotatable bonds is 5. The van der Waals surface area contributed by atoms with Gasteiger partial charge in [-0.2, -0.15) is 5.26 Å². The Morgan fingerprint density at radius 3 is 2.81 bits per heavy atom. The number of nitriles is 1. The molecule has 1 aromatic carbocycles. The summed E-state index contributed by atoms with van der Waals surface area (Å²) in [4.78, 5) is 8.71. The van der Waals surface area contributed by atoms with E-state index >= 15 is 0 Å². The zero-order valence-corrected chi connectivity index (χ0v) is 13.1. The van der Waals surface area contributed by atoms with E-state index in [0.717, 1.165) is 24.3 Å². The maximum Gasteiger partial charge on any atom is 0.190 e. The molecule has 0 amide bonds. The molecule has 2 rings (SSSR count). The summed E-state index contributed by atoms with van der Waals surface area (Å²) in [7, 11) is 0. The van der Waals surface area contributed by atoms with Crippen molar-refractivity contribution in [3.8, 4) is 6.07 Å². The Kier molecular flexibility index (Phi) is 5.18. The van der Waals surface area contributed by atoms with Crippen LogP contribution in [0.3, 0.4) is 0 Å². The number of thioether (sulfide) groups is 1. The first-order valence-electron chi connectivity index (χ1n) is 6.89. The number of aryl methyl sites for hydroxylation is 2. The average Bonchev–Trinajstić information content (AvgIpc) is 2.45. The van der Waals surface area contributed by atoms with Gasteiger partial charge in [0.1, 0.15) is 17.5 Å². The molecule has 108 valence electrons. The van der Waals surface area contributed by atoms with Gasteiger partial charge in [0.05, 0.1) is 5.69 Å². The molecule has 0 radical (unpaired) electrons. The Morgan fingerprint density at radius 1 is 1.33 bits per heavy atom. The van der Waals surface area contributed by atoms with E-state index < -0.39 is 0 Å². The van der Waals surface area contributed by atoms with Crippen molar-refractivity contribution >= 4 is 17.6 Å². The highest BCUT2D eigenvalue weighted by atomic mass is 32.2. The van der Waals surface area contributed by atoms with Crippen LogP contribution in [-0.4, -0.2) is 9.97 Å². The topological polar surface area (TPSA) is 75.6 Å². The fraction of sp³-hybridized carbons (Fsp3) is 0.312. The van der Waals surface area contributed by atoms with Crippen molar-refractivity contribution in [2.45, 2.75) is 37.6 Å². The van der Waals surface area contributed by atoms with Crippen molar-refractivity contribution in [3.63, 3.8) is 0 Å². The third-order valence-corrected chi connectivity index (χ3v) is 3.96. The van der Waals surface area contributed by atoms with Gasteiger partial charge in [0.15, 0.2) is 5.16 Å². The number of benzene rings is 1. The predicted octanol–water partition coefficient (Wildman–Crippen LogP) is 3.48. The second-order valence-electron chi connectivity index (χ2n) is 4.85. The van der Waals surface area contributed by atoms with Gasteiger partial charge >= 0.3 is 0 Å². The summed E-state index contributed by atoms with van der Waals surface area (Å²) in [6, 6.07) is 10.4. The molecule has 0 atom stereocenters. The number of nitrogens with zero attached hydrogens (tertiary/aromatic N) is 3. The first-order chi connectivity index (χ1) is 10.1. The number of hydrogen-bond donors (Lipinski definition) is 1. The third kappa shape index (κ3) is 3.96. The van der Waals surface area contributed by atoms with Crippen LogP contribution in [0.25, 0.3) is 0 Å².